The van der Waals surface area contributed by atoms with Crippen molar-refractivity contribution in [1.82, 2.24) is 15.1 Å². The van der Waals surface area contributed by atoms with Gasteiger partial charge in [-0.2, -0.15) is 0 Å². The number of aryl methyl sites for hydroxylation is 1. The maximum Gasteiger partial charge on any atom is 0.289 e. The third-order valence-electron chi connectivity index (χ3n) is 5.31. The highest BCUT2D eigenvalue weighted by molar-refractivity contribution is 5.99. The van der Waals surface area contributed by atoms with E-state index < -0.39 is 0 Å². The summed E-state index contributed by atoms with van der Waals surface area (Å²) in [5.74, 6) is 1.12. The van der Waals surface area contributed by atoms with E-state index in [-0.39, 0.29) is 11.8 Å². The Labute approximate surface area is 158 Å². The fourth-order valence-electron chi connectivity index (χ4n) is 3.49. The molecule has 2 aliphatic rings. The number of furan rings is 1. The minimum absolute atomic E-state index is 0.0827. The van der Waals surface area contributed by atoms with Gasteiger partial charge in [0.25, 0.3) is 5.91 Å². The molecule has 0 radical (unpaired) electrons. The molecule has 2 aromatic rings. The van der Waals surface area contributed by atoms with Crippen molar-refractivity contribution in [2.75, 3.05) is 39.8 Å². The highest BCUT2D eigenvalue weighted by Gasteiger charge is 2.28. The van der Waals surface area contributed by atoms with E-state index >= 15 is 0 Å². The first-order valence-corrected chi connectivity index (χ1v) is 9.43. The molecule has 1 aliphatic carbocycles. The van der Waals surface area contributed by atoms with Gasteiger partial charge < -0.3 is 19.4 Å². The van der Waals surface area contributed by atoms with Crippen molar-refractivity contribution in [3.63, 3.8) is 0 Å². The number of benzene rings is 1. The summed E-state index contributed by atoms with van der Waals surface area (Å²) in [4.78, 5) is 28.8. The minimum Gasteiger partial charge on any atom is -0.497 e. The second-order valence-corrected chi connectivity index (χ2v) is 7.33. The summed E-state index contributed by atoms with van der Waals surface area (Å²) >= 11 is 0. The Bertz CT molecular complexity index is 863. The zero-order valence-corrected chi connectivity index (χ0v) is 15.8. The van der Waals surface area contributed by atoms with Crippen molar-refractivity contribution >= 4 is 22.8 Å². The number of rotatable bonds is 5. The highest BCUT2D eigenvalue weighted by Crippen LogP contribution is 2.29. The van der Waals surface area contributed by atoms with Gasteiger partial charge in [-0.05, 0) is 38.0 Å². The van der Waals surface area contributed by atoms with Crippen LogP contribution in [-0.4, -0.2) is 67.5 Å². The summed E-state index contributed by atoms with van der Waals surface area (Å²) in [6.07, 6.45) is 2.19. The molecule has 2 amide bonds. The molecular formula is C20H25N3O4. The number of hydrogen-bond acceptors (Lipinski definition) is 5. The number of carbonyl (C=O) groups is 2. The van der Waals surface area contributed by atoms with Gasteiger partial charge in [-0.1, -0.05) is 0 Å². The topological polar surface area (TPSA) is 75.0 Å². The van der Waals surface area contributed by atoms with Crippen molar-refractivity contribution in [3.05, 3.63) is 29.5 Å². The van der Waals surface area contributed by atoms with Gasteiger partial charge >= 0.3 is 0 Å². The number of hydrogen-bond donors (Lipinski definition) is 1. The molecule has 2 heterocycles. The van der Waals surface area contributed by atoms with Crippen molar-refractivity contribution in [2.45, 2.75) is 25.8 Å². The summed E-state index contributed by atoms with van der Waals surface area (Å²) in [5, 5.41) is 3.90. The summed E-state index contributed by atoms with van der Waals surface area (Å²) in [6.45, 7) is 4.87. The maximum atomic E-state index is 12.9. The van der Waals surface area contributed by atoms with Crippen LogP contribution in [0.5, 0.6) is 5.75 Å². The first-order chi connectivity index (χ1) is 13.0. The number of amides is 2. The highest BCUT2D eigenvalue weighted by atomic mass is 16.5. The van der Waals surface area contributed by atoms with Gasteiger partial charge in [0.2, 0.25) is 5.91 Å². The third-order valence-corrected chi connectivity index (χ3v) is 5.31. The second kappa shape index (κ2) is 7.23. The molecule has 1 N–H and O–H groups in total. The van der Waals surface area contributed by atoms with Crippen LogP contribution in [0.25, 0.3) is 11.0 Å². The lowest BCUT2D eigenvalue weighted by atomic mass is 10.1. The van der Waals surface area contributed by atoms with Crippen LogP contribution in [0.15, 0.2) is 22.6 Å². The van der Waals surface area contributed by atoms with E-state index in [0.717, 1.165) is 29.5 Å². The van der Waals surface area contributed by atoms with Crippen LogP contribution >= 0.6 is 0 Å². The molecule has 0 bridgehead atoms. The first kappa shape index (κ1) is 17.9. The number of fused-ring (bicyclic) bond motifs is 1. The van der Waals surface area contributed by atoms with Crippen LogP contribution in [0, 0.1) is 6.92 Å². The molecule has 0 atom stereocenters. The molecular weight excluding hydrogens is 346 g/mol. The summed E-state index contributed by atoms with van der Waals surface area (Å²) < 4.78 is 11.1. The molecule has 1 aromatic carbocycles. The predicted molar refractivity (Wildman–Crippen MR) is 101 cm³/mol. The zero-order chi connectivity index (χ0) is 19.0. The van der Waals surface area contributed by atoms with Crippen molar-refractivity contribution < 1.29 is 18.7 Å². The van der Waals surface area contributed by atoms with E-state index in [4.69, 9.17) is 9.15 Å². The number of piperazine rings is 1. The molecule has 0 spiro atoms. The molecule has 1 aromatic heterocycles. The number of nitrogens with one attached hydrogen (secondary N) is 1. The lowest BCUT2D eigenvalue weighted by molar-refractivity contribution is -0.122. The minimum atomic E-state index is -0.0928. The lowest BCUT2D eigenvalue weighted by Gasteiger charge is -2.34. The van der Waals surface area contributed by atoms with Crippen LogP contribution < -0.4 is 10.1 Å². The normalized spacial score (nSPS) is 17.9. The number of carbonyl (C=O) groups excluding carboxylic acids is 2. The Kier molecular flexibility index (Phi) is 4.78. The molecule has 144 valence electrons. The maximum absolute atomic E-state index is 12.9. The number of nitrogens with zero attached hydrogens (tertiary/aromatic N) is 2. The molecule has 7 heteroatoms. The lowest BCUT2D eigenvalue weighted by Crippen LogP contribution is -2.51. The van der Waals surface area contributed by atoms with E-state index in [1.54, 1.807) is 12.0 Å². The molecule has 27 heavy (non-hydrogen) atoms. The van der Waals surface area contributed by atoms with Gasteiger partial charge in [0.05, 0.1) is 13.7 Å². The molecule has 2 fully saturated rings. The molecule has 1 saturated carbocycles. The van der Waals surface area contributed by atoms with Gasteiger partial charge in [-0.3, -0.25) is 14.5 Å². The quantitative estimate of drug-likeness (QED) is 0.867. The fourth-order valence-corrected chi connectivity index (χ4v) is 3.49. The van der Waals surface area contributed by atoms with Crippen LogP contribution in [0.3, 0.4) is 0 Å². The molecule has 1 saturated heterocycles. The van der Waals surface area contributed by atoms with Gasteiger partial charge in [0.15, 0.2) is 5.76 Å². The van der Waals surface area contributed by atoms with Gasteiger partial charge in [0.1, 0.15) is 11.3 Å². The molecule has 4 rings (SSSR count). The SMILES string of the molecule is COc1ccc2oc(C(=O)N3CCN(CC(=O)NC4CC4)CC3)c(C)c2c1. The largest absolute Gasteiger partial charge is 0.497 e. The van der Waals surface area contributed by atoms with E-state index in [2.05, 4.69) is 10.2 Å². The van der Waals surface area contributed by atoms with Crippen LogP contribution in [0.1, 0.15) is 29.0 Å². The Balaban J connectivity index is 1.39. The summed E-state index contributed by atoms with van der Waals surface area (Å²) in [6, 6.07) is 5.93. The smallest absolute Gasteiger partial charge is 0.289 e. The Morgan fingerprint density at radius 2 is 1.96 bits per heavy atom. The number of ether oxygens (including phenoxy) is 1. The van der Waals surface area contributed by atoms with E-state index in [1.165, 1.54) is 0 Å². The van der Waals surface area contributed by atoms with Crippen molar-refractivity contribution in [1.29, 1.82) is 0 Å². The van der Waals surface area contributed by atoms with E-state index in [1.807, 2.05) is 25.1 Å². The number of methoxy groups -OCH3 is 1. The Morgan fingerprint density at radius 3 is 2.63 bits per heavy atom. The van der Waals surface area contributed by atoms with E-state index in [9.17, 15) is 9.59 Å². The molecule has 0 unspecified atom stereocenters. The van der Waals surface area contributed by atoms with Crippen molar-refractivity contribution in [3.8, 4) is 5.75 Å². The zero-order valence-electron chi connectivity index (χ0n) is 15.8. The molecule has 7 nitrogen and oxygen atoms in total. The first-order valence-electron chi connectivity index (χ1n) is 9.43. The second-order valence-electron chi connectivity index (χ2n) is 7.33. The summed E-state index contributed by atoms with van der Waals surface area (Å²) in [7, 11) is 1.62. The van der Waals surface area contributed by atoms with Gasteiger partial charge in [0, 0.05) is 43.2 Å². The summed E-state index contributed by atoms with van der Waals surface area (Å²) in [5.41, 5.74) is 1.52. The van der Waals surface area contributed by atoms with Gasteiger partial charge in [-0.25, -0.2) is 0 Å². The standard InChI is InChI=1S/C20H25N3O4/c1-13-16-11-15(26-2)5-6-17(16)27-19(13)20(25)23-9-7-22(8-10-23)12-18(24)21-14-3-4-14/h5-6,11,14H,3-4,7-10,12H2,1-2H3,(H,21,24). The van der Waals surface area contributed by atoms with Crippen LogP contribution in [-0.2, 0) is 4.79 Å². The monoisotopic (exact) mass is 371 g/mol. The predicted octanol–water partition coefficient (Wildman–Crippen LogP) is 1.79. The Hall–Kier alpha value is -2.54. The van der Waals surface area contributed by atoms with Crippen LogP contribution in [0.2, 0.25) is 0 Å². The Morgan fingerprint density at radius 1 is 1.22 bits per heavy atom. The van der Waals surface area contributed by atoms with Crippen LogP contribution in [0.4, 0.5) is 0 Å². The average Bonchev–Trinajstić information content (AvgIpc) is 3.43. The van der Waals surface area contributed by atoms with Gasteiger partial charge in [-0.15, -0.1) is 0 Å². The molecule has 1 aliphatic heterocycles. The van der Waals surface area contributed by atoms with Crippen molar-refractivity contribution in [2.24, 2.45) is 0 Å². The fraction of sp³-hybridized carbons (Fsp3) is 0.500. The van der Waals surface area contributed by atoms with E-state index in [0.29, 0.717) is 50.1 Å². The average molecular weight is 371 g/mol. The third kappa shape index (κ3) is 3.78.